The molecule has 0 aliphatic heterocycles. The first-order valence-electron chi connectivity index (χ1n) is 9.19. The van der Waals surface area contributed by atoms with Crippen molar-refractivity contribution in [3.05, 3.63) is 47.4 Å². The third-order valence-electron chi connectivity index (χ3n) is 4.40. The fourth-order valence-electron chi connectivity index (χ4n) is 2.73. The number of rotatable bonds is 9. The Kier molecular flexibility index (Phi) is 7.54. The van der Waals surface area contributed by atoms with Gasteiger partial charge in [0.1, 0.15) is 11.6 Å². The van der Waals surface area contributed by atoms with Gasteiger partial charge < -0.3 is 15.2 Å². The SMILES string of the molecule is CCCOc1ccc(-c2ccc(F)c(CN[C@@H](CO)C(C)C)n2)c(C)c1. The van der Waals surface area contributed by atoms with Gasteiger partial charge in [0.25, 0.3) is 0 Å². The number of hydrogen-bond acceptors (Lipinski definition) is 4. The summed E-state index contributed by atoms with van der Waals surface area (Å²) in [5, 5.41) is 12.6. The number of pyridine rings is 1. The lowest BCUT2D eigenvalue weighted by molar-refractivity contribution is 0.209. The van der Waals surface area contributed by atoms with E-state index >= 15 is 0 Å². The molecule has 1 heterocycles. The zero-order valence-electron chi connectivity index (χ0n) is 16.1. The zero-order valence-corrected chi connectivity index (χ0v) is 16.1. The number of aliphatic hydroxyl groups excluding tert-OH is 1. The van der Waals surface area contributed by atoms with Gasteiger partial charge in [0.15, 0.2) is 0 Å². The average Bonchev–Trinajstić information content (AvgIpc) is 2.62. The molecule has 0 saturated carbocycles. The minimum atomic E-state index is -0.345. The van der Waals surface area contributed by atoms with Gasteiger partial charge in [-0.15, -0.1) is 0 Å². The van der Waals surface area contributed by atoms with E-state index in [-0.39, 0.29) is 30.9 Å². The van der Waals surface area contributed by atoms with E-state index < -0.39 is 0 Å². The van der Waals surface area contributed by atoms with Gasteiger partial charge >= 0.3 is 0 Å². The molecule has 1 atom stereocenters. The van der Waals surface area contributed by atoms with Gasteiger partial charge in [0.05, 0.1) is 24.6 Å². The lowest BCUT2D eigenvalue weighted by Crippen LogP contribution is -2.36. The molecule has 0 unspecified atom stereocenters. The van der Waals surface area contributed by atoms with Crippen LogP contribution in [0.3, 0.4) is 0 Å². The Bertz CT molecular complexity index is 719. The van der Waals surface area contributed by atoms with Crippen molar-refractivity contribution in [1.82, 2.24) is 10.3 Å². The van der Waals surface area contributed by atoms with E-state index in [1.54, 1.807) is 6.07 Å². The lowest BCUT2D eigenvalue weighted by Gasteiger charge is -2.20. The molecule has 0 aliphatic carbocycles. The highest BCUT2D eigenvalue weighted by atomic mass is 19.1. The predicted molar refractivity (Wildman–Crippen MR) is 103 cm³/mol. The molecule has 0 fully saturated rings. The van der Waals surface area contributed by atoms with Crippen LogP contribution < -0.4 is 10.1 Å². The van der Waals surface area contributed by atoms with Crippen molar-refractivity contribution < 1.29 is 14.2 Å². The number of aromatic nitrogens is 1. The third-order valence-corrected chi connectivity index (χ3v) is 4.40. The molecule has 2 rings (SSSR count). The van der Waals surface area contributed by atoms with E-state index in [4.69, 9.17) is 4.74 Å². The van der Waals surface area contributed by atoms with E-state index in [2.05, 4.69) is 17.2 Å². The Morgan fingerprint density at radius 1 is 1.23 bits per heavy atom. The van der Waals surface area contributed by atoms with Crippen molar-refractivity contribution in [2.45, 2.75) is 46.7 Å². The van der Waals surface area contributed by atoms with Gasteiger partial charge in [-0.05, 0) is 55.2 Å². The average molecular weight is 360 g/mol. The molecule has 1 aromatic heterocycles. The first-order valence-corrected chi connectivity index (χ1v) is 9.19. The third kappa shape index (κ3) is 5.26. The fourth-order valence-corrected chi connectivity index (χ4v) is 2.73. The second-order valence-corrected chi connectivity index (χ2v) is 6.86. The summed E-state index contributed by atoms with van der Waals surface area (Å²) in [7, 11) is 0. The highest BCUT2D eigenvalue weighted by Gasteiger charge is 2.14. The number of nitrogens with one attached hydrogen (secondary N) is 1. The van der Waals surface area contributed by atoms with Gasteiger partial charge in [-0.1, -0.05) is 20.8 Å². The summed E-state index contributed by atoms with van der Waals surface area (Å²) in [6, 6.07) is 8.92. The summed E-state index contributed by atoms with van der Waals surface area (Å²) in [6.07, 6.45) is 0.960. The largest absolute Gasteiger partial charge is 0.494 e. The predicted octanol–water partition coefficient (Wildman–Crippen LogP) is 4.09. The van der Waals surface area contributed by atoms with Crippen LogP contribution in [-0.4, -0.2) is 29.3 Å². The van der Waals surface area contributed by atoms with Gasteiger partial charge in [0.2, 0.25) is 0 Å². The first-order chi connectivity index (χ1) is 12.5. The zero-order chi connectivity index (χ0) is 19.1. The van der Waals surface area contributed by atoms with Crippen LogP contribution in [0.2, 0.25) is 0 Å². The number of benzene rings is 1. The Morgan fingerprint density at radius 3 is 2.62 bits per heavy atom. The van der Waals surface area contributed by atoms with Crippen LogP contribution in [0.25, 0.3) is 11.3 Å². The van der Waals surface area contributed by atoms with Crippen LogP contribution >= 0.6 is 0 Å². The van der Waals surface area contributed by atoms with Crippen molar-refractivity contribution in [2.24, 2.45) is 5.92 Å². The number of nitrogens with zero attached hydrogens (tertiary/aromatic N) is 1. The molecule has 26 heavy (non-hydrogen) atoms. The molecule has 0 saturated heterocycles. The summed E-state index contributed by atoms with van der Waals surface area (Å²) < 4.78 is 19.8. The number of hydrogen-bond donors (Lipinski definition) is 2. The molecule has 5 heteroatoms. The Balaban J connectivity index is 2.20. The molecule has 2 N–H and O–H groups in total. The quantitative estimate of drug-likeness (QED) is 0.707. The standard InChI is InChI=1S/C21H29FN2O2/c1-5-10-26-16-6-7-17(15(4)11-16)19-9-8-18(22)20(24-19)12-23-21(13-25)14(2)3/h6-9,11,14,21,23,25H,5,10,12-13H2,1-4H3/t21-/m0/s1. The van der Waals surface area contributed by atoms with Gasteiger partial charge in [-0.2, -0.15) is 0 Å². The summed E-state index contributed by atoms with van der Waals surface area (Å²) in [6.45, 7) is 9.07. The van der Waals surface area contributed by atoms with Crippen molar-refractivity contribution >= 4 is 0 Å². The van der Waals surface area contributed by atoms with Crippen LogP contribution in [0, 0.1) is 18.7 Å². The van der Waals surface area contributed by atoms with Crippen LogP contribution in [-0.2, 0) is 6.54 Å². The molecule has 142 valence electrons. The van der Waals surface area contributed by atoms with Crippen LogP contribution in [0.4, 0.5) is 4.39 Å². The van der Waals surface area contributed by atoms with Gasteiger partial charge in [-0.25, -0.2) is 9.37 Å². The second-order valence-electron chi connectivity index (χ2n) is 6.86. The molecule has 4 nitrogen and oxygen atoms in total. The first kappa shape index (κ1) is 20.3. The minimum absolute atomic E-state index is 0.0112. The normalized spacial score (nSPS) is 12.4. The summed E-state index contributed by atoms with van der Waals surface area (Å²) in [5.41, 5.74) is 3.07. The maximum atomic E-state index is 14.2. The monoisotopic (exact) mass is 360 g/mol. The van der Waals surface area contributed by atoms with Crippen LogP contribution in [0.15, 0.2) is 30.3 Å². The molecule has 0 radical (unpaired) electrons. The fraction of sp³-hybridized carbons (Fsp3) is 0.476. The number of halogens is 1. The van der Waals surface area contributed by atoms with E-state index in [0.717, 1.165) is 29.0 Å². The van der Waals surface area contributed by atoms with Gasteiger partial charge in [-0.3, -0.25) is 0 Å². The van der Waals surface area contributed by atoms with E-state index in [1.165, 1.54) is 6.07 Å². The van der Waals surface area contributed by atoms with Crippen molar-refractivity contribution in [3.63, 3.8) is 0 Å². The highest BCUT2D eigenvalue weighted by Crippen LogP contribution is 2.26. The van der Waals surface area contributed by atoms with Crippen molar-refractivity contribution in [1.29, 1.82) is 0 Å². The van der Waals surface area contributed by atoms with Crippen molar-refractivity contribution in [2.75, 3.05) is 13.2 Å². The highest BCUT2D eigenvalue weighted by molar-refractivity contribution is 5.64. The van der Waals surface area contributed by atoms with E-state index in [9.17, 15) is 9.50 Å². The molecule has 0 spiro atoms. The number of ether oxygens (including phenoxy) is 1. The molecule has 1 aromatic carbocycles. The van der Waals surface area contributed by atoms with Crippen LogP contribution in [0.5, 0.6) is 5.75 Å². The number of aryl methyl sites for hydroxylation is 1. The maximum Gasteiger partial charge on any atom is 0.146 e. The van der Waals surface area contributed by atoms with Crippen molar-refractivity contribution in [3.8, 4) is 17.0 Å². The van der Waals surface area contributed by atoms with Gasteiger partial charge in [0, 0.05) is 18.2 Å². The molecular formula is C21H29FN2O2. The summed E-state index contributed by atoms with van der Waals surface area (Å²) in [5.74, 6) is 0.742. The Morgan fingerprint density at radius 2 is 2.00 bits per heavy atom. The molecule has 2 aromatic rings. The maximum absolute atomic E-state index is 14.2. The number of aliphatic hydroxyl groups is 1. The summed E-state index contributed by atoms with van der Waals surface area (Å²) in [4.78, 5) is 4.50. The molecule has 0 amide bonds. The van der Waals surface area contributed by atoms with E-state index in [0.29, 0.717) is 12.3 Å². The Labute approximate surface area is 155 Å². The lowest BCUT2D eigenvalue weighted by atomic mass is 10.0. The Hall–Kier alpha value is -1.98. The minimum Gasteiger partial charge on any atom is -0.494 e. The molecule has 0 aliphatic rings. The second kappa shape index (κ2) is 9.64. The summed E-state index contributed by atoms with van der Waals surface area (Å²) >= 11 is 0. The smallest absolute Gasteiger partial charge is 0.146 e. The van der Waals surface area contributed by atoms with Crippen LogP contribution in [0.1, 0.15) is 38.4 Å². The van der Waals surface area contributed by atoms with E-state index in [1.807, 2.05) is 39.0 Å². The molecular weight excluding hydrogens is 331 g/mol. The topological polar surface area (TPSA) is 54.4 Å². The molecule has 0 bridgehead atoms.